The zero-order valence-corrected chi connectivity index (χ0v) is 11.1. The van der Waals surface area contributed by atoms with Crippen LogP contribution in [-0.2, 0) is 0 Å². The molecule has 6 heteroatoms. The van der Waals surface area contributed by atoms with Crippen LogP contribution in [0.2, 0.25) is 5.02 Å². The normalized spacial score (nSPS) is 10.1. The van der Waals surface area contributed by atoms with Crippen LogP contribution in [0.15, 0.2) is 29.6 Å². The lowest BCUT2D eigenvalue weighted by molar-refractivity contribution is 0.102. The minimum atomic E-state index is -0.234. The Balaban J connectivity index is 2.19. The Morgan fingerprint density at radius 1 is 1.44 bits per heavy atom. The number of methoxy groups -OCH3 is 1. The van der Waals surface area contributed by atoms with Crippen LogP contribution >= 0.6 is 22.9 Å². The predicted molar refractivity (Wildman–Crippen MR) is 74.7 cm³/mol. The van der Waals surface area contributed by atoms with E-state index in [1.54, 1.807) is 29.6 Å². The fourth-order valence-corrected chi connectivity index (χ4v) is 2.35. The van der Waals surface area contributed by atoms with Gasteiger partial charge in [0.05, 0.1) is 17.8 Å². The first-order chi connectivity index (χ1) is 8.61. The number of ether oxygens (including phenoxy) is 1. The fraction of sp³-hybridized carbons (Fsp3) is 0.0833. The maximum Gasteiger partial charge on any atom is 0.269 e. The number of benzene rings is 1. The number of nitrogens with one attached hydrogen (secondary N) is 1. The van der Waals surface area contributed by atoms with Crippen molar-refractivity contribution in [2.45, 2.75) is 0 Å². The Kier molecular flexibility index (Phi) is 3.74. The van der Waals surface area contributed by atoms with Crippen LogP contribution in [0.1, 0.15) is 9.67 Å². The molecule has 4 nitrogen and oxygen atoms in total. The Hall–Kier alpha value is -1.72. The number of carbonyl (C=O) groups is 1. The van der Waals surface area contributed by atoms with Gasteiger partial charge in [-0.1, -0.05) is 11.6 Å². The summed E-state index contributed by atoms with van der Waals surface area (Å²) in [6.07, 6.45) is 0. The lowest BCUT2D eigenvalue weighted by atomic mass is 10.2. The Morgan fingerprint density at radius 3 is 2.89 bits per heavy atom. The molecule has 2 aromatic rings. The van der Waals surface area contributed by atoms with Gasteiger partial charge in [0.2, 0.25) is 0 Å². The maximum absolute atomic E-state index is 12.0. The lowest BCUT2D eigenvalue weighted by Crippen LogP contribution is -2.11. The molecule has 0 aliphatic heterocycles. The van der Waals surface area contributed by atoms with Crippen LogP contribution in [0.4, 0.5) is 11.4 Å². The molecule has 1 aromatic heterocycles. The summed E-state index contributed by atoms with van der Waals surface area (Å²) < 4.78 is 5.09. The zero-order chi connectivity index (χ0) is 13.1. The van der Waals surface area contributed by atoms with E-state index in [4.69, 9.17) is 22.1 Å². The van der Waals surface area contributed by atoms with E-state index in [0.29, 0.717) is 27.0 Å². The molecule has 0 aliphatic carbocycles. The van der Waals surface area contributed by atoms with Crippen molar-refractivity contribution in [2.24, 2.45) is 0 Å². The van der Waals surface area contributed by atoms with Gasteiger partial charge in [0.1, 0.15) is 10.6 Å². The van der Waals surface area contributed by atoms with Crippen molar-refractivity contribution < 1.29 is 9.53 Å². The number of amides is 1. The van der Waals surface area contributed by atoms with Crippen LogP contribution in [-0.4, -0.2) is 13.0 Å². The number of hydrogen-bond acceptors (Lipinski definition) is 4. The largest absolute Gasteiger partial charge is 0.495 e. The van der Waals surface area contributed by atoms with E-state index in [2.05, 4.69) is 5.32 Å². The summed E-state index contributed by atoms with van der Waals surface area (Å²) in [5.74, 6) is 0.321. The molecule has 0 radical (unpaired) electrons. The molecule has 2 rings (SSSR count). The highest BCUT2D eigenvalue weighted by molar-refractivity contribution is 7.12. The van der Waals surface area contributed by atoms with Crippen LogP contribution in [0.25, 0.3) is 0 Å². The number of halogens is 1. The van der Waals surface area contributed by atoms with Gasteiger partial charge in [-0.25, -0.2) is 0 Å². The average Bonchev–Trinajstić information content (AvgIpc) is 2.82. The van der Waals surface area contributed by atoms with Crippen molar-refractivity contribution in [2.75, 3.05) is 18.2 Å². The maximum atomic E-state index is 12.0. The first-order valence-electron chi connectivity index (χ1n) is 5.09. The van der Waals surface area contributed by atoms with E-state index in [1.165, 1.54) is 18.4 Å². The second-order valence-corrected chi connectivity index (χ2v) is 4.83. The van der Waals surface area contributed by atoms with Crippen molar-refractivity contribution in [3.05, 3.63) is 39.5 Å². The molecule has 94 valence electrons. The van der Waals surface area contributed by atoms with E-state index in [-0.39, 0.29) is 5.91 Å². The molecular weight excluding hydrogens is 272 g/mol. The number of nitrogen functional groups attached to an aromatic ring is 1. The zero-order valence-electron chi connectivity index (χ0n) is 9.57. The molecule has 0 aliphatic rings. The molecule has 0 saturated carbocycles. The van der Waals surface area contributed by atoms with Gasteiger partial charge in [-0.2, -0.15) is 0 Å². The predicted octanol–water partition coefficient (Wildman–Crippen LogP) is 3.24. The van der Waals surface area contributed by atoms with Gasteiger partial charge in [-0.15, -0.1) is 11.3 Å². The number of anilines is 2. The van der Waals surface area contributed by atoms with Crippen molar-refractivity contribution in [3.63, 3.8) is 0 Å². The summed E-state index contributed by atoms with van der Waals surface area (Å²) in [4.78, 5) is 12.5. The molecule has 0 atom stereocenters. The minimum absolute atomic E-state index is 0.234. The molecule has 18 heavy (non-hydrogen) atoms. The van der Waals surface area contributed by atoms with Crippen LogP contribution in [0.3, 0.4) is 0 Å². The molecule has 0 fully saturated rings. The van der Waals surface area contributed by atoms with E-state index in [9.17, 15) is 4.79 Å². The Bertz CT molecular complexity index is 583. The molecule has 1 heterocycles. The van der Waals surface area contributed by atoms with Gasteiger partial charge in [0.15, 0.2) is 0 Å². The third kappa shape index (κ3) is 2.57. The number of thiophene rings is 1. The van der Waals surface area contributed by atoms with Crippen molar-refractivity contribution in [3.8, 4) is 5.75 Å². The highest BCUT2D eigenvalue weighted by Gasteiger charge is 2.14. The Labute approximate surface area is 113 Å². The Morgan fingerprint density at radius 2 is 2.22 bits per heavy atom. The number of carbonyl (C=O) groups excluding carboxylic acids is 1. The third-order valence-corrected chi connectivity index (χ3v) is 3.54. The minimum Gasteiger partial charge on any atom is -0.495 e. The molecular formula is C12H11ClN2O2S. The van der Waals surface area contributed by atoms with E-state index >= 15 is 0 Å². The van der Waals surface area contributed by atoms with Gasteiger partial charge in [0, 0.05) is 5.69 Å². The smallest absolute Gasteiger partial charge is 0.269 e. The number of rotatable bonds is 3. The topological polar surface area (TPSA) is 64.3 Å². The number of nitrogens with two attached hydrogens (primary N) is 1. The van der Waals surface area contributed by atoms with Gasteiger partial charge >= 0.3 is 0 Å². The van der Waals surface area contributed by atoms with Gasteiger partial charge in [-0.3, -0.25) is 4.79 Å². The first kappa shape index (κ1) is 12.7. The van der Waals surface area contributed by atoms with Crippen molar-refractivity contribution >= 4 is 40.2 Å². The molecule has 1 aromatic carbocycles. The first-order valence-corrected chi connectivity index (χ1v) is 6.35. The monoisotopic (exact) mass is 282 g/mol. The number of hydrogen-bond donors (Lipinski definition) is 2. The molecule has 1 amide bonds. The standard InChI is InChI=1S/C12H11ClN2O2S/c1-17-10-4-5-18-11(10)12(16)15-7-2-3-9(14)8(13)6-7/h2-6H,14H2,1H3,(H,15,16). The van der Waals surface area contributed by atoms with Gasteiger partial charge < -0.3 is 15.8 Å². The second-order valence-electron chi connectivity index (χ2n) is 3.51. The van der Waals surface area contributed by atoms with Crippen LogP contribution < -0.4 is 15.8 Å². The fourth-order valence-electron chi connectivity index (χ4n) is 1.42. The van der Waals surface area contributed by atoms with Crippen LogP contribution in [0, 0.1) is 0 Å². The summed E-state index contributed by atoms with van der Waals surface area (Å²) >= 11 is 7.20. The average molecular weight is 283 g/mol. The second kappa shape index (κ2) is 5.29. The summed E-state index contributed by atoms with van der Waals surface area (Å²) in [7, 11) is 1.53. The van der Waals surface area contributed by atoms with E-state index in [0.717, 1.165) is 0 Å². The highest BCUT2D eigenvalue weighted by atomic mass is 35.5. The summed E-state index contributed by atoms with van der Waals surface area (Å²) in [5, 5.41) is 4.94. The van der Waals surface area contributed by atoms with Crippen molar-refractivity contribution in [1.29, 1.82) is 0 Å². The van der Waals surface area contributed by atoms with E-state index in [1.807, 2.05) is 0 Å². The summed E-state index contributed by atoms with van der Waals surface area (Å²) in [6.45, 7) is 0. The SMILES string of the molecule is COc1ccsc1C(=O)Nc1ccc(N)c(Cl)c1. The third-order valence-electron chi connectivity index (χ3n) is 2.31. The molecule has 0 bridgehead atoms. The summed E-state index contributed by atoms with van der Waals surface area (Å²) in [5.41, 5.74) is 6.66. The van der Waals surface area contributed by atoms with Crippen LogP contribution in [0.5, 0.6) is 5.75 Å². The van der Waals surface area contributed by atoms with E-state index < -0.39 is 0 Å². The molecule has 3 N–H and O–H groups in total. The molecule has 0 unspecified atom stereocenters. The van der Waals surface area contributed by atoms with Crippen molar-refractivity contribution in [1.82, 2.24) is 0 Å². The molecule has 0 spiro atoms. The lowest BCUT2D eigenvalue weighted by Gasteiger charge is -2.06. The summed E-state index contributed by atoms with van der Waals surface area (Å²) in [6, 6.07) is 6.69. The highest BCUT2D eigenvalue weighted by Crippen LogP contribution is 2.27. The van der Waals surface area contributed by atoms with Gasteiger partial charge in [0.25, 0.3) is 5.91 Å². The van der Waals surface area contributed by atoms with Gasteiger partial charge in [-0.05, 0) is 29.6 Å². The molecule has 0 saturated heterocycles. The quantitative estimate of drug-likeness (QED) is 0.850.